The summed E-state index contributed by atoms with van der Waals surface area (Å²) in [5.41, 5.74) is 9.94. The number of carbonyl (C=O) groups excluding carboxylic acids is 2. The van der Waals surface area contributed by atoms with Crippen LogP contribution in [0, 0.1) is 0 Å². The second kappa shape index (κ2) is 9.03. The second-order valence-corrected chi connectivity index (χ2v) is 10.9. The van der Waals surface area contributed by atoms with Crippen LogP contribution in [0.2, 0.25) is 0 Å². The number of fused-ring (bicyclic) bond motifs is 4. The maximum atomic E-state index is 13.0. The van der Waals surface area contributed by atoms with Crippen molar-refractivity contribution in [3.63, 3.8) is 0 Å². The number of carbonyl (C=O) groups is 2. The van der Waals surface area contributed by atoms with E-state index in [4.69, 9.17) is 0 Å². The SMILES string of the molecule is CC1(C)c2cc(C=C3C(=O)c4ccccc4C3=O)ccc2-c2ccc(N(c3ccccc3)c3ccccc3)cc21. The molecule has 0 heterocycles. The van der Waals surface area contributed by atoms with Gasteiger partial charge in [-0.15, -0.1) is 0 Å². The van der Waals surface area contributed by atoms with E-state index in [1.807, 2.05) is 18.2 Å². The summed E-state index contributed by atoms with van der Waals surface area (Å²) in [4.78, 5) is 28.3. The van der Waals surface area contributed by atoms with Crippen LogP contribution in [0.25, 0.3) is 17.2 Å². The van der Waals surface area contributed by atoms with E-state index in [0.717, 1.165) is 22.6 Å². The van der Waals surface area contributed by atoms with Gasteiger partial charge in [0.05, 0.1) is 5.57 Å². The van der Waals surface area contributed by atoms with E-state index in [9.17, 15) is 9.59 Å². The highest BCUT2D eigenvalue weighted by Gasteiger charge is 2.37. The summed E-state index contributed by atoms with van der Waals surface area (Å²) in [6, 6.07) is 40.9. The van der Waals surface area contributed by atoms with Crippen LogP contribution < -0.4 is 4.90 Å². The largest absolute Gasteiger partial charge is 0.310 e. The first-order valence-electron chi connectivity index (χ1n) is 13.5. The minimum Gasteiger partial charge on any atom is -0.310 e. The number of allylic oxidation sites excluding steroid dienone is 1. The number of ketones is 2. The lowest BCUT2D eigenvalue weighted by atomic mass is 9.81. The van der Waals surface area contributed by atoms with E-state index in [0.29, 0.717) is 11.1 Å². The van der Waals surface area contributed by atoms with Gasteiger partial charge in [-0.25, -0.2) is 0 Å². The van der Waals surface area contributed by atoms with E-state index in [1.54, 1.807) is 30.3 Å². The minimum atomic E-state index is -0.263. The van der Waals surface area contributed by atoms with Crippen molar-refractivity contribution in [1.82, 2.24) is 0 Å². The standard InChI is InChI=1S/C37H27NO2/c1-37(2)33-22-24(21-32-35(39)30-15-9-10-16-31(30)36(32)40)17-19-28(33)29-20-18-27(23-34(29)37)38(25-11-5-3-6-12-25)26-13-7-4-8-14-26/h3-23H,1-2H3. The summed E-state index contributed by atoms with van der Waals surface area (Å²) < 4.78 is 0. The zero-order chi connectivity index (χ0) is 27.4. The molecule has 5 aromatic carbocycles. The third-order valence-electron chi connectivity index (χ3n) is 8.19. The Labute approximate surface area is 234 Å². The lowest BCUT2D eigenvalue weighted by molar-refractivity contribution is 0.0990. The molecule has 2 aliphatic carbocycles. The normalized spacial score (nSPS) is 14.5. The Balaban J connectivity index is 1.30. The fraction of sp³-hybridized carbons (Fsp3) is 0.0811. The molecular formula is C37H27NO2. The summed E-state index contributed by atoms with van der Waals surface area (Å²) >= 11 is 0. The van der Waals surface area contributed by atoms with E-state index in [-0.39, 0.29) is 22.6 Å². The summed E-state index contributed by atoms with van der Waals surface area (Å²) in [6.07, 6.45) is 1.75. The third kappa shape index (κ3) is 3.66. The molecule has 0 N–H and O–H groups in total. The topological polar surface area (TPSA) is 37.4 Å². The molecule has 3 heteroatoms. The van der Waals surface area contributed by atoms with E-state index < -0.39 is 0 Å². The van der Waals surface area contributed by atoms with Gasteiger partial charge < -0.3 is 4.90 Å². The average molecular weight is 518 g/mol. The number of benzene rings is 5. The average Bonchev–Trinajstić information content (AvgIpc) is 3.36. The molecule has 40 heavy (non-hydrogen) atoms. The van der Waals surface area contributed by atoms with Gasteiger partial charge in [0, 0.05) is 33.6 Å². The summed E-state index contributed by atoms with van der Waals surface area (Å²) in [7, 11) is 0. The highest BCUT2D eigenvalue weighted by Crippen LogP contribution is 2.51. The van der Waals surface area contributed by atoms with Gasteiger partial charge >= 0.3 is 0 Å². The molecule has 0 bridgehead atoms. The van der Waals surface area contributed by atoms with Gasteiger partial charge in [0.2, 0.25) is 0 Å². The predicted octanol–water partition coefficient (Wildman–Crippen LogP) is 8.93. The van der Waals surface area contributed by atoms with Crippen LogP contribution in [-0.2, 0) is 5.41 Å². The summed E-state index contributed by atoms with van der Waals surface area (Å²) in [6.45, 7) is 4.49. The van der Waals surface area contributed by atoms with Crippen LogP contribution in [0.15, 0.2) is 127 Å². The van der Waals surface area contributed by atoms with Gasteiger partial charge in [0.25, 0.3) is 0 Å². The van der Waals surface area contributed by atoms with Crippen LogP contribution in [0.3, 0.4) is 0 Å². The second-order valence-electron chi connectivity index (χ2n) is 10.9. The summed E-state index contributed by atoms with van der Waals surface area (Å²) in [5.74, 6) is -0.398. The van der Waals surface area contributed by atoms with Crippen molar-refractivity contribution in [2.45, 2.75) is 19.3 Å². The first-order chi connectivity index (χ1) is 19.4. The van der Waals surface area contributed by atoms with Gasteiger partial charge in [-0.2, -0.15) is 0 Å². The molecule has 0 amide bonds. The van der Waals surface area contributed by atoms with Gasteiger partial charge in [-0.1, -0.05) is 98.8 Å². The molecule has 0 saturated carbocycles. The van der Waals surface area contributed by atoms with Gasteiger partial charge in [0.1, 0.15) is 0 Å². The number of anilines is 3. The van der Waals surface area contributed by atoms with E-state index in [2.05, 4.69) is 97.6 Å². The molecule has 0 saturated heterocycles. The number of hydrogen-bond acceptors (Lipinski definition) is 3. The zero-order valence-corrected chi connectivity index (χ0v) is 22.4. The molecule has 0 unspecified atom stereocenters. The van der Waals surface area contributed by atoms with Crippen molar-refractivity contribution in [1.29, 1.82) is 0 Å². The van der Waals surface area contributed by atoms with Crippen LogP contribution in [0.4, 0.5) is 17.1 Å². The fourth-order valence-corrected chi connectivity index (χ4v) is 6.14. The molecule has 2 aliphatic rings. The third-order valence-corrected chi connectivity index (χ3v) is 8.19. The fourth-order valence-electron chi connectivity index (χ4n) is 6.14. The molecule has 5 aromatic rings. The van der Waals surface area contributed by atoms with Crippen LogP contribution >= 0.6 is 0 Å². The first-order valence-corrected chi connectivity index (χ1v) is 13.5. The first kappa shape index (κ1) is 24.1. The molecule has 0 atom stereocenters. The molecule has 0 aromatic heterocycles. The number of nitrogens with zero attached hydrogens (tertiary/aromatic N) is 1. The lowest BCUT2D eigenvalue weighted by Gasteiger charge is -2.28. The van der Waals surface area contributed by atoms with Gasteiger partial charge in [0.15, 0.2) is 11.6 Å². The lowest BCUT2D eigenvalue weighted by Crippen LogP contribution is -2.16. The molecule has 0 radical (unpaired) electrons. The highest BCUT2D eigenvalue weighted by molar-refractivity contribution is 6.41. The number of para-hydroxylation sites is 2. The van der Waals surface area contributed by atoms with Crippen molar-refractivity contribution in [2.75, 3.05) is 4.90 Å². The Morgan fingerprint density at radius 1 is 0.525 bits per heavy atom. The van der Waals surface area contributed by atoms with Crippen molar-refractivity contribution in [2.24, 2.45) is 0 Å². The molecule has 192 valence electrons. The van der Waals surface area contributed by atoms with Crippen LogP contribution in [-0.4, -0.2) is 11.6 Å². The summed E-state index contributed by atoms with van der Waals surface area (Å²) in [5, 5.41) is 0. The zero-order valence-electron chi connectivity index (χ0n) is 22.4. The Kier molecular flexibility index (Phi) is 5.43. The molecule has 3 nitrogen and oxygen atoms in total. The molecule has 0 spiro atoms. The molecule has 0 aliphatic heterocycles. The smallest absolute Gasteiger partial charge is 0.197 e. The quantitative estimate of drug-likeness (QED) is 0.176. The predicted molar refractivity (Wildman–Crippen MR) is 162 cm³/mol. The Bertz CT molecular complexity index is 1770. The van der Waals surface area contributed by atoms with Gasteiger partial charge in [-0.05, 0) is 70.3 Å². The Morgan fingerprint density at radius 2 is 1.02 bits per heavy atom. The monoisotopic (exact) mass is 517 g/mol. The molecular weight excluding hydrogens is 490 g/mol. The maximum Gasteiger partial charge on any atom is 0.197 e. The van der Waals surface area contributed by atoms with E-state index in [1.165, 1.54) is 22.3 Å². The van der Waals surface area contributed by atoms with E-state index >= 15 is 0 Å². The van der Waals surface area contributed by atoms with Crippen LogP contribution in [0.5, 0.6) is 0 Å². The minimum absolute atomic E-state index is 0.199. The van der Waals surface area contributed by atoms with Crippen molar-refractivity contribution in [3.05, 3.63) is 155 Å². The molecule has 7 rings (SSSR count). The molecule has 0 fully saturated rings. The Morgan fingerprint density at radius 3 is 1.60 bits per heavy atom. The van der Waals surface area contributed by atoms with Crippen molar-refractivity contribution < 1.29 is 9.59 Å². The van der Waals surface area contributed by atoms with Gasteiger partial charge in [-0.3, -0.25) is 9.59 Å². The van der Waals surface area contributed by atoms with Crippen molar-refractivity contribution >= 4 is 34.7 Å². The number of Topliss-reactive ketones (excluding diaryl/α,β-unsaturated/α-hetero) is 2. The van der Waals surface area contributed by atoms with Crippen LogP contribution in [0.1, 0.15) is 51.3 Å². The number of rotatable bonds is 4. The Hall–Kier alpha value is -5.02. The highest BCUT2D eigenvalue weighted by atomic mass is 16.2. The maximum absolute atomic E-state index is 13.0. The number of hydrogen-bond donors (Lipinski definition) is 0. The van der Waals surface area contributed by atoms with Crippen molar-refractivity contribution in [3.8, 4) is 11.1 Å².